The van der Waals surface area contributed by atoms with Gasteiger partial charge in [-0.1, -0.05) is 6.07 Å². The van der Waals surface area contributed by atoms with Gasteiger partial charge in [0.2, 0.25) is 0 Å². The van der Waals surface area contributed by atoms with Crippen molar-refractivity contribution in [1.29, 1.82) is 0 Å². The molecule has 1 N–H and O–H groups in total. The van der Waals surface area contributed by atoms with E-state index in [1.807, 2.05) is 19.2 Å². The molecule has 0 bridgehead atoms. The van der Waals surface area contributed by atoms with Crippen LogP contribution in [0.15, 0.2) is 39.4 Å². The first-order valence-corrected chi connectivity index (χ1v) is 6.21. The molecule has 3 nitrogen and oxygen atoms in total. The van der Waals surface area contributed by atoms with Crippen LogP contribution in [-0.2, 0) is 0 Å². The third-order valence-corrected chi connectivity index (χ3v) is 3.10. The van der Waals surface area contributed by atoms with E-state index in [1.165, 1.54) is 13.2 Å². The highest BCUT2D eigenvalue weighted by molar-refractivity contribution is 9.10. The Kier molecular flexibility index (Phi) is 4.04. The van der Waals surface area contributed by atoms with Gasteiger partial charge in [-0.25, -0.2) is 4.39 Å². The summed E-state index contributed by atoms with van der Waals surface area (Å²) in [4.78, 5) is 0. The van der Waals surface area contributed by atoms with E-state index < -0.39 is 0 Å². The number of halogens is 2. The number of hydrogen-bond acceptors (Lipinski definition) is 3. The molecule has 0 aliphatic carbocycles. The average Bonchev–Trinajstić information content (AvgIpc) is 2.79. The van der Waals surface area contributed by atoms with Gasteiger partial charge in [0.25, 0.3) is 0 Å². The number of ether oxygens (including phenoxy) is 1. The first kappa shape index (κ1) is 13.1. The topological polar surface area (TPSA) is 34.4 Å². The highest BCUT2D eigenvalue weighted by Crippen LogP contribution is 2.29. The molecule has 1 heterocycles. The molecule has 0 radical (unpaired) electrons. The Bertz CT molecular complexity index is 542. The second-order valence-corrected chi connectivity index (χ2v) is 4.54. The number of furan rings is 1. The van der Waals surface area contributed by atoms with E-state index in [-0.39, 0.29) is 17.6 Å². The molecule has 1 atom stereocenters. The van der Waals surface area contributed by atoms with Crippen LogP contribution in [0.1, 0.15) is 17.4 Å². The van der Waals surface area contributed by atoms with Gasteiger partial charge in [0.15, 0.2) is 16.2 Å². The third kappa shape index (κ3) is 2.57. The fourth-order valence-electron chi connectivity index (χ4n) is 1.81. The number of benzene rings is 1. The zero-order chi connectivity index (χ0) is 13.1. The molecule has 0 spiro atoms. The van der Waals surface area contributed by atoms with Crippen molar-refractivity contribution in [3.63, 3.8) is 0 Å². The Balaban J connectivity index is 2.38. The highest BCUT2D eigenvalue weighted by Gasteiger charge is 2.17. The molecule has 0 aliphatic heterocycles. The normalized spacial score (nSPS) is 12.4. The van der Waals surface area contributed by atoms with Gasteiger partial charge >= 0.3 is 0 Å². The van der Waals surface area contributed by atoms with E-state index in [2.05, 4.69) is 21.2 Å². The van der Waals surface area contributed by atoms with Gasteiger partial charge in [0.05, 0.1) is 13.2 Å². The van der Waals surface area contributed by atoms with Crippen LogP contribution in [0.5, 0.6) is 5.75 Å². The Morgan fingerprint density at radius 3 is 2.67 bits per heavy atom. The SMILES string of the molecule is CNC(c1ccc(F)c(OC)c1)c1ccc(Br)o1. The first-order valence-electron chi connectivity index (χ1n) is 5.41. The van der Waals surface area contributed by atoms with Crippen molar-refractivity contribution >= 4 is 15.9 Å². The minimum atomic E-state index is -0.378. The summed E-state index contributed by atoms with van der Waals surface area (Å²) in [5.41, 5.74) is 0.873. The molecule has 96 valence electrons. The minimum absolute atomic E-state index is 0.147. The molecular formula is C13H13BrFNO2. The lowest BCUT2D eigenvalue weighted by Gasteiger charge is -2.15. The molecule has 0 aliphatic rings. The summed E-state index contributed by atoms with van der Waals surface area (Å²) in [7, 11) is 3.26. The van der Waals surface area contributed by atoms with E-state index in [0.717, 1.165) is 11.3 Å². The van der Waals surface area contributed by atoms with Gasteiger partial charge in [-0.05, 0) is 52.8 Å². The van der Waals surface area contributed by atoms with Crippen LogP contribution >= 0.6 is 15.9 Å². The van der Waals surface area contributed by atoms with E-state index in [9.17, 15) is 4.39 Å². The smallest absolute Gasteiger partial charge is 0.169 e. The van der Waals surface area contributed by atoms with Crippen LogP contribution in [0.3, 0.4) is 0 Å². The first-order chi connectivity index (χ1) is 8.65. The van der Waals surface area contributed by atoms with Crippen LogP contribution in [-0.4, -0.2) is 14.2 Å². The van der Waals surface area contributed by atoms with Gasteiger partial charge in [-0.2, -0.15) is 0 Å². The quantitative estimate of drug-likeness (QED) is 0.938. The predicted octanol–water partition coefficient (Wildman–Crippen LogP) is 3.50. The zero-order valence-electron chi connectivity index (χ0n) is 10.0. The summed E-state index contributed by atoms with van der Waals surface area (Å²) in [5, 5.41) is 3.13. The molecule has 18 heavy (non-hydrogen) atoms. The molecule has 1 aromatic carbocycles. The van der Waals surface area contributed by atoms with Crippen molar-refractivity contribution in [2.75, 3.05) is 14.2 Å². The molecule has 2 rings (SSSR count). The number of methoxy groups -OCH3 is 1. The van der Waals surface area contributed by atoms with Crippen molar-refractivity contribution in [2.24, 2.45) is 0 Å². The summed E-state index contributed by atoms with van der Waals surface area (Å²) in [6.45, 7) is 0. The fraction of sp³-hybridized carbons (Fsp3) is 0.231. The Hall–Kier alpha value is -1.33. The molecule has 0 fully saturated rings. The maximum Gasteiger partial charge on any atom is 0.169 e. The minimum Gasteiger partial charge on any atom is -0.494 e. The molecule has 0 amide bonds. The maximum absolute atomic E-state index is 13.4. The summed E-state index contributed by atoms with van der Waals surface area (Å²) in [6, 6.07) is 8.28. The standard InChI is InChI=1S/C13H13BrFNO2/c1-16-13(10-5-6-12(14)18-10)8-3-4-9(15)11(7-8)17-2/h3-7,13,16H,1-2H3. The van der Waals surface area contributed by atoms with E-state index in [4.69, 9.17) is 9.15 Å². The van der Waals surface area contributed by atoms with E-state index >= 15 is 0 Å². The summed E-state index contributed by atoms with van der Waals surface area (Å²) in [6.07, 6.45) is 0. The van der Waals surface area contributed by atoms with Gasteiger partial charge in [0, 0.05) is 0 Å². The number of nitrogens with one attached hydrogen (secondary N) is 1. The second-order valence-electron chi connectivity index (χ2n) is 3.76. The van der Waals surface area contributed by atoms with Crippen molar-refractivity contribution in [2.45, 2.75) is 6.04 Å². The Morgan fingerprint density at radius 2 is 2.11 bits per heavy atom. The van der Waals surface area contributed by atoms with Crippen LogP contribution in [0.25, 0.3) is 0 Å². The predicted molar refractivity (Wildman–Crippen MR) is 70.3 cm³/mol. The Labute approximate surface area is 113 Å². The van der Waals surface area contributed by atoms with Crippen molar-refractivity contribution in [1.82, 2.24) is 5.32 Å². The van der Waals surface area contributed by atoms with Crippen LogP contribution in [0.2, 0.25) is 0 Å². The van der Waals surface area contributed by atoms with Crippen molar-refractivity contribution < 1.29 is 13.5 Å². The average molecular weight is 314 g/mol. The van der Waals surface area contributed by atoms with Crippen molar-refractivity contribution in [3.05, 3.63) is 52.1 Å². The van der Waals surface area contributed by atoms with Crippen molar-refractivity contribution in [3.8, 4) is 5.75 Å². The summed E-state index contributed by atoms with van der Waals surface area (Å²) < 4.78 is 24.5. The molecule has 1 aromatic heterocycles. The van der Waals surface area contributed by atoms with Gasteiger partial charge in [0.1, 0.15) is 5.76 Å². The van der Waals surface area contributed by atoms with E-state index in [1.54, 1.807) is 12.1 Å². The largest absolute Gasteiger partial charge is 0.494 e. The number of hydrogen-bond donors (Lipinski definition) is 1. The Morgan fingerprint density at radius 1 is 1.33 bits per heavy atom. The lowest BCUT2D eigenvalue weighted by Crippen LogP contribution is -2.17. The molecular weight excluding hydrogens is 301 g/mol. The molecule has 0 saturated carbocycles. The second kappa shape index (κ2) is 5.54. The zero-order valence-corrected chi connectivity index (χ0v) is 11.6. The molecule has 0 saturated heterocycles. The summed E-state index contributed by atoms with van der Waals surface area (Å²) >= 11 is 3.26. The van der Waals surface area contributed by atoms with Gasteiger partial charge < -0.3 is 14.5 Å². The molecule has 2 aromatic rings. The van der Waals surface area contributed by atoms with Crippen LogP contribution < -0.4 is 10.1 Å². The van der Waals surface area contributed by atoms with E-state index in [0.29, 0.717) is 4.67 Å². The lowest BCUT2D eigenvalue weighted by atomic mass is 10.0. The van der Waals surface area contributed by atoms with Crippen LogP contribution in [0.4, 0.5) is 4.39 Å². The maximum atomic E-state index is 13.4. The van der Waals surface area contributed by atoms with Gasteiger partial charge in [-0.3, -0.25) is 0 Å². The number of rotatable bonds is 4. The summed E-state index contributed by atoms with van der Waals surface area (Å²) in [5.74, 6) is 0.591. The van der Waals surface area contributed by atoms with Gasteiger partial charge in [-0.15, -0.1) is 0 Å². The molecule has 1 unspecified atom stereocenters. The third-order valence-electron chi connectivity index (χ3n) is 2.68. The monoisotopic (exact) mass is 313 g/mol. The lowest BCUT2D eigenvalue weighted by molar-refractivity contribution is 0.384. The highest BCUT2D eigenvalue weighted by atomic mass is 79.9. The fourth-order valence-corrected chi connectivity index (χ4v) is 2.13. The molecule has 5 heteroatoms. The van der Waals surface area contributed by atoms with Crippen LogP contribution in [0, 0.1) is 5.82 Å².